The Morgan fingerprint density at radius 2 is 1.78 bits per heavy atom. The Balaban J connectivity index is 2.03. The van der Waals surface area contributed by atoms with Crippen LogP contribution in [0.2, 0.25) is 0 Å². The summed E-state index contributed by atoms with van der Waals surface area (Å²) in [6.45, 7) is 3.44. The Morgan fingerprint density at radius 3 is 2.48 bits per heavy atom. The lowest BCUT2D eigenvalue weighted by atomic mass is 9.88. The fraction of sp³-hybridized carbons (Fsp3) is 0.250. The highest BCUT2D eigenvalue weighted by Crippen LogP contribution is 2.65. The maximum atomic E-state index is 13.0. The van der Waals surface area contributed by atoms with Gasteiger partial charge in [0.2, 0.25) is 0 Å². The molecule has 2 aliphatic rings. The molecule has 2 aliphatic heterocycles. The number of phenolic OH excluding ortho intramolecular Hbond substituents is 2. The van der Waals surface area contributed by atoms with Gasteiger partial charge in [-0.25, -0.2) is 4.57 Å². The number of phenols is 2. The predicted octanol–water partition coefficient (Wildman–Crippen LogP) is 4.59. The van der Waals surface area contributed by atoms with E-state index in [4.69, 9.17) is 9.05 Å². The van der Waals surface area contributed by atoms with Crippen molar-refractivity contribution in [2.75, 3.05) is 6.16 Å². The molecule has 0 fully saturated rings. The molecule has 2 aromatic carbocycles. The van der Waals surface area contributed by atoms with Gasteiger partial charge in [0.15, 0.2) is 0 Å². The summed E-state index contributed by atoms with van der Waals surface area (Å²) < 4.78 is 24.9. The van der Waals surface area contributed by atoms with Gasteiger partial charge >= 0.3 is 7.60 Å². The van der Waals surface area contributed by atoms with E-state index in [1.165, 1.54) is 0 Å². The zero-order valence-electron chi connectivity index (χ0n) is 12.5. The highest BCUT2D eigenvalue weighted by atomic mass is 79.9. The minimum absolute atomic E-state index is 0.0682. The molecule has 0 saturated heterocycles. The van der Waals surface area contributed by atoms with Crippen LogP contribution in [0.25, 0.3) is 0 Å². The van der Waals surface area contributed by atoms with E-state index >= 15 is 0 Å². The van der Waals surface area contributed by atoms with Crippen LogP contribution >= 0.6 is 23.5 Å². The second kappa shape index (κ2) is 4.68. The van der Waals surface area contributed by atoms with Gasteiger partial charge in [0.25, 0.3) is 0 Å². The van der Waals surface area contributed by atoms with Crippen molar-refractivity contribution < 1.29 is 23.8 Å². The first-order valence-corrected chi connectivity index (χ1v) is 9.65. The fourth-order valence-corrected chi connectivity index (χ4v) is 5.82. The Morgan fingerprint density at radius 1 is 1.13 bits per heavy atom. The summed E-state index contributed by atoms with van der Waals surface area (Å²) in [5.74, 6) is 0.848. The van der Waals surface area contributed by atoms with Gasteiger partial charge in [-0.15, -0.1) is 0 Å². The SMILES string of the molecule is Cc1c(O)ccc2c1OP1(=O)CC2c2cc(Br)c(O)c(C)c2O1. The lowest BCUT2D eigenvalue weighted by molar-refractivity contribution is 0.351. The van der Waals surface area contributed by atoms with E-state index in [2.05, 4.69) is 15.9 Å². The summed E-state index contributed by atoms with van der Waals surface area (Å²) in [6.07, 6.45) is 0.244. The number of fused-ring (bicyclic) bond motifs is 6. The van der Waals surface area contributed by atoms with Crippen LogP contribution in [0, 0.1) is 13.8 Å². The number of aromatic hydroxyl groups is 2. The normalized spacial score (nSPS) is 24.2. The van der Waals surface area contributed by atoms with Gasteiger partial charge in [-0.05, 0) is 41.9 Å². The van der Waals surface area contributed by atoms with Crippen LogP contribution in [0.3, 0.4) is 0 Å². The molecule has 120 valence electrons. The second-order valence-electron chi connectivity index (χ2n) is 5.91. The van der Waals surface area contributed by atoms with E-state index < -0.39 is 7.60 Å². The summed E-state index contributed by atoms with van der Waals surface area (Å²) >= 11 is 3.35. The molecule has 2 heterocycles. The molecule has 0 aromatic heterocycles. The molecule has 0 aliphatic carbocycles. The van der Waals surface area contributed by atoms with Gasteiger partial charge in [-0.3, -0.25) is 0 Å². The first kappa shape index (κ1) is 14.9. The molecule has 5 nitrogen and oxygen atoms in total. The summed E-state index contributed by atoms with van der Waals surface area (Å²) in [5, 5.41) is 20.0. The molecule has 0 amide bonds. The zero-order valence-corrected chi connectivity index (χ0v) is 14.9. The van der Waals surface area contributed by atoms with Gasteiger partial charge in [0.1, 0.15) is 23.0 Å². The monoisotopic (exact) mass is 396 g/mol. The van der Waals surface area contributed by atoms with Gasteiger partial charge in [0, 0.05) is 28.2 Å². The third-order valence-corrected chi connectivity index (χ3v) is 6.83. The summed E-state index contributed by atoms with van der Waals surface area (Å²) in [4.78, 5) is 0. The van der Waals surface area contributed by atoms with Gasteiger partial charge in [-0.2, -0.15) is 0 Å². The Labute approximate surface area is 141 Å². The molecule has 0 saturated carbocycles. The van der Waals surface area contributed by atoms with E-state index in [1.54, 1.807) is 32.0 Å². The van der Waals surface area contributed by atoms with Crippen LogP contribution in [-0.2, 0) is 4.57 Å². The van der Waals surface area contributed by atoms with Crippen LogP contribution in [-0.4, -0.2) is 16.4 Å². The number of rotatable bonds is 0. The predicted molar refractivity (Wildman–Crippen MR) is 89.0 cm³/mol. The molecule has 7 heteroatoms. The average molecular weight is 397 g/mol. The topological polar surface area (TPSA) is 76.0 Å². The average Bonchev–Trinajstić information content (AvgIpc) is 2.50. The van der Waals surface area contributed by atoms with E-state index in [9.17, 15) is 14.8 Å². The van der Waals surface area contributed by atoms with Crippen molar-refractivity contribution in [2.45, 2.75) is 19.8 Å². The highest BCUT2D eigenvalue weighted by molar-refractivity contribution is 9.10. The van der Waals surface area contributed by atoms with Crippen molar-refractivity contribution in [2.24, 2.45) is 0 Å². The maximum Gasteiger partial charge on any atom is 0.431 e. The summed E-state index contributed by atoms with van der Waals surface area (Å²) in [6, 6.07) is 5.20. The zero-order chi connectivity index (χ0) is 16.5. The molecule has 0 spiro atoms. The van der Waals surface area contributed by atoms with E-state index in [0.717, 1.165) is 11.1 Å². The molecule has 2 aromatic rings. The lowest BCUT2D eigenvalue weighted by Crippen LogP contribution is -2.25. The third kappa shape index (κ3) is 2.01. The molecule has 0 radical (unpaired) electrons. The number of benzene rings is 2. The van der Waals surface area contributed by atoms with Crippen molar-refractivity contribution in [3.05, 3.63) is 44.9 Å². The maximum absolute atomic E-state index is 13.0. The van der Waals surface area contributed by atoms with Crippen molar-refractivity contribution in [3.63, 3.8) is 0 Å². The standard InChI is InChI=1S/C16H14BrO5P/c1-7-13(18)4-3-9-11-6-23(20,21-15(7)9)22-16-8(2)14(19)12(17)5-10(11)16/h3-5,11,18-19H,6H2,1-2H3. The van der Waals surface area contributed by atoms with E-state index in [-0.39, 0.29) is 23.6 Å². The summed E-state index contributed by atoms with van der Waals surface area (Å²) in [7, 11) is -3.37. The smallest absolute Gasteiger partial charge is 0.431 e. The Bertz CT molecular complexity index is 908. The van der Waals surface area contributed by atoms with Crippen LogP contribution in [0.5, 0.6) is 23.0 Å². The first-order valence-electron chi connectivity index (χ1n) is 7.13. The molecule has 2 N–H and O–H groups in total. The fourth-order valence-electron chi connectivity index (χ4n) is 3.21. The third-order valence-electron chi connectivity index (χ3n) is 4.49. The van der Waals surface area contributed by atoms with E-state index in [0.29, 0.717) is 27.1 Å². The van der Waals surface area contributed by atoms with Crippen molar-refractivity contribution in [1.82, 2.24) is 0 Å². The molecule has 23 heavy (non-hydrogen) atoms. The lowest BCUT2D eigenvalue weighted by Gasteiger charge is -2.38. The van der Waals surface area contributed by atoms with Gasteiger partial charge in [0.05, 0.1) is 10.6 Å². The molecular weight excluding hydrogens is 383 g/mol. The highest BCUT2D eigenvalue weighted by Gasteiger charge is 2.47. The Hall–Kier alpha value is -1.65. The largest absolute Gasteiger partial charge is 0.508 e. The minimum atomic E-state index is -3.37. The number of hydrogen-bond acceptors (Lipinski definition) is 5. The van der Waals surface area contributed by atoms with Crippen LogP contribution < -0.4 is 9.05 Å². The van der Waals surface area contributed by atoms with Crippen molar-refractivity contribution in [3.8, 4) is 23.0 Å². The van der Waals surface area contributed by atoms with Crippen LogP contribution in [0.4, 0.5) is 0 Å². The molecule has 2 unspecified atom stereocenters. The second-order valence-corrected chi connectivity index (χ2v) is 8.71. The molecule has 4 rings (SSSR count). The number of halogens is 1. The van der Waals surface area contributed by atoms with Crippen molar-refractivity contribution in [1.29, 1.82) is 0 Å². The first-order chi connectivity index (χ1) is 10.8. The molecule has 2 bridgehead atoms. The van der Waals surface area contributed by atoms with Gasteiger partial charge < -0.3 is 19.3 Å². The quantitative estimate of drug-likeness (QED) is 0.637. The van der Waals surface area contributed by atoms with Crippen LogP contribution in [0.1, 0.15) is 28.2 Å². The van der Waals surface area contributed by atoms with E-state index in [1.807, 2.05) is 0 Å². The number of hydrogen-bond donors (Lipinski definition) is 2. The van der Waals surface area contributed by atoms with Crippen LogP contribution in [0.15, 0.2) is 22.7 Å². The molecule has 2 atom stereocenters. The summed E-state index contributed by atoms with van der Waals surface area (Å²) in [5.41, 5.74) is 2.80. The van der Waals surface area contributed by atoms with Gasteiger partial charge in [-0.1, -0.05) is 6.07 Å². The van der Waals surface area contributed by atoms with Crippen molar-refractivity contribution >= 4 is 23.5 Å². The minimum Gasteiger partial charge on any atom is -0.508 e. The molecular formula is C16H14BrO5P. The Kier molecular flexibility index (Phi) is 3.03.